The van der Waals surface area contributed by atoms with Crippen molar-refractivity contribution >= 4 is 11.4 Å². The van der Waals surface area contributed by atoms with E-state index in [4.69, 9.17) is 10.5 Å². The lowest BCUT2D eigenvalue weighted by Gasteiger charge is -2.33. The molecule has 0 aliphatic carbocycles. The summed E-state index contributed by atoms with van der Waals surface area (Å²) in [6.45, 7) is 5.03. The highest BCUT2D eigenvalue weighted by atomic mass is 16.5. The quantitative estimate of drug-likeness (QED) is 0.731. The number of benzene rings is 1. The van der Waals surface area contributed by atoms with Gasteiger partial charge in [-0.1, -0.05) is 13.8 Å². The molecule has 0 aliphatic rings. The second-order valence-corrected chi connectivity index (χ2v) is 4.31. The average Bonchev–Trinajstić information content (AvgIpc) is 2.39. The summed E-state index contributed by atoms with van der Waals surface area (Å²) in [7, 11) is 1.63. The zero-order chi connectivity index (χ0) is 13.5. The number of aliphatic hydroxyl groups excluding tert-OH is 1. The van der Waals surface area contributed by atoms with E-state index >= 15 is 0 Å². The topological polar surface area (TPSA) is 58.7 Å². The molecule has 1 aromatic rings. The summed E-state index contributed by atoms with van der Waals surface area (Å²) in [5, 5.41) is 9.22. The molecule has 3 N–H and O–H groups in total. The molecule has 4 heteroatoms. The maximum Gasteiger partial charge on any atom is 0.121 e. The number of methoxy groups -OCH3 is 1. The molecular weight excluding hydrogens is 228 g/mol. The lowest BCUT2D eigenvalue weighted by Crippen LogP contribution is -2.37. The van der Waals surface area contributed by atoms with E-state index in [1.807, 2.05) is 18.2 Å². The van der Waals surface area contributed by atoms with Gasteiger partial charge < -0.3 is 20.5 Å². The van der Waals surface area contributed by atoms with Crippen LogP contribution in [0, 0.1) is 0 Å². The Balaban J connectivity index is 3.04. The predicted octanol–water partition coefficient (Wildman–Crippen LogP) is 2.26. The molecule has 18 heavy (non-hydrogen) atoms. The van der Waals surface area contributed by atoms with Crippen LogP contribution in [0.4, 0.5) is 11.4 Å². The number of nitrogens with two attached hydrogens (primary N) is 1. The van der Waals surface area contributed by atoms with Crippen molar-refractivity contribution in [1.82, 2.24) is 0 Å². The van der Waals surface area contributed by atoms with Gasteiger partial charge in [0.05, 0.1) is 25.1 Å². The van der Waals surface area contributed by atoms with Gasteiger partial charge in [-0.15, -0.1) is 0 Å². The Morgan fingerprint density at radius 1 is 1.33 bits per heavy atom. The van der Waals surface area contributed by atoms with Gasteiger partial charge in [-0.05, 0) is 25.0 Å². The van der Waals surface area contributed by atoms with Crippen molar-refractivity contribution in [2.24, 2.45) is 0 Å². The van der Waals surface area contributed by atoms with Crippen molar-refractivity contribution < 1.29 is 9.84 Å². The minimum Gasteiger partial charge on any atom is -0.497 e. The first-order valence-electron chi connectivity index (χ1n) is 6.48. The van der Waals surface area contributed by atoms with Crippen LogP contribution in [0.3, 0.4) is 0 Å². The summed E-state index contributed by atoms with van der Waals surface area (Å²) in [5.41, 5.74) is 7.73. The minimum atomic E-state index is 0.127. The number of hydrogen-bond acceptors (Lipinski definition) is 4. The smallest absolute Gasteiger partial charge is 0.121 e. The molecule has 0 fully saturated rings. The number of aliphatic hydroxyl groups is 1. The summed E-state index contributed by atoms with van der Waals surface area (Å²) >= 11 is 0. The van der Waals surface area contributed by atoms with Gasteiger partial charge in [0.25, 0.3) is 0 Å². The molecule has 0 heterocycles. The van der Waals surface area contributed by atoms with E-state index in [1.54, 1.807) is 7.11 Å². The maximum absolute atomic E-state index is 9.22. The lowest BCUT2D eigenvalue weighted by atomic mass is 10.1. The molecule has 0 radical (unpaired) electrons. The second-order valence-electron chi connectivity index (χ2n) is 4.31. The molecule has 0 aromatic heterocycles. The fourth-order valence-electron chi connectivity index (χ4n) is 2.26. The van der Waals surface area contributed by atoms with Gasteiger partial charge in [-0.25, -0.2) is 0 Å². The highest BCUT2D eigenvalue weighted by molar-refractivity contribution is 5.70. The van der Waals surface area contributed by atoms with E-state index in [0.29, 0.717) is 18.3 Å². The van der Waals surface area contributed by atoms with Crippen LogP contribution in [0.15, 0.2) is 18.2 Å². The van der Waals surface area contributed by atoms with E-state index in [9.17, 15) is 5.11 Å². The van der Waals surface area contributed by atoms with Crippen LogP contribution in [0.2, 0.25) is 0 Å². The zero-order valence-electron chi connectivity index (χ0n) is 11.5. The van der Waals surface area contributed by atoms with Gasteiger partial charge in [0.1, 0.15) is 5.75 Å². The van der Waals surface area contributed by atoms with Crippen molar-refractivity contribution in [3.8, 4) is 5.75 Å². The van der Waals surface area contributed by atoms with E-state index in [0.717, 1.165) is 24.3 Å². The standard InChI is InChI=1S/C14H24N2O2/c1-4-11(5-2)16(8-9-17)14-7-6-12(18-3)10-13(14)15/h6-7,10-11,17H,4-5,8-9,15H2,1-3H3. The van der Waals surface area contributed by atoms with Crippen LogP contribution >= 0.6 is 0 Å². The number of anilines is 2. The summed E-state index contributed by atoms with van der Waals surface area (Å²) in [5.74, 6) is 0.754. The zero-order valence-corrected chi connectivity index (χ0v) is 11.5. The number of ether oxygens (including phenoxy) is 1. The van der Waals surface area contributed by atoms with Gasteiger partial charge in [-0.3, -0.25) is 0 Å². The van der Waals surface area contributed by atoms with Crippen LogP contribution < -0.4 is 15.4 Å². The molecule has 0 aliphatic heterocycles. The molecule has 1 rings (SSSR count). The third-order valence-electron chi connectivity index (χ3n) is 3.27. The van der Waals surface area contributed by atoms with Crippen molar-refractivity contribution in [3.63, 3.8) is 0 Å². The highest BCUT2D eigenvalue weighted by Crippen LogP contribution is 2.30. The van der Waals surface area contributed by atoms with Gasteiger partial charge >= 0.3 is 0 Å². The van der Waals surface area contributed by atoms with E-state index in [-0.39, 0.29) is 6.61 Å². The van der Waals surface area contributed by atoms with E-state index in [1.165, 1.54) is 0 Å². The number of hydrogen-bond donors (Lipinski definition) is 2. The van der Waals surface area contributed by atoms with Crippen LogP contribution in [0.5, 0.6) is 5.75 Å². The summed E-state index contributed by atoms with van der Waals surface area (Å²) in [6, 6.07) is 6.08. The molecule has 0 atom stereocenters. The molecule has 0 unspecified atom stereocenters. The molecule has 0 bridgehead atoms. The average molecular weight is 252 g/mol. The Morgan fingerprint density at radius 3 is 2.44 bits per heavy atom. The van der Waals surface area contributed by atoms with Crippen LogP contribution in [-0.2, 0) is 0 Å². The summed E-state index contributed by atoms with van der Waals surface area (Å²) in [4.78, 5) is 2.18. The fraction of sp³-hybridized carbons (Fsp3) is 0.571. The third-order valence-corrected chi connectivity index (χ3v) is 3.27. The Kier molecular flexibility index (Phi) is 5.78. The molecule has 1 aromatic carbocycles. The van der Waals surface area contributed by atoms with Gasteiger partial charge in [0.2, 0.25) is 0 Å². The van der Waals surface area contributed by atoms with Gasteiger partial charge in [0.15, 0.2) is 0 Å². The lowest BCUT2D eigenvalue weighted by molar-refractivity contribution is 0.296. The SMILES string of the molecule is CCC(CC)N(CCO)c1ccc(OC)cc1N. The molecule has 4 nitrogen and oxygen atoms in total. The first kappa shape index (κ1) is 14.6. The van der Waals surface area contributed by atoms with Gasteiger partial charge in [0, 0.05) is 18.7 Å². The molecule has 0 saturated carbocycles. The molecule has 102 valence electrons. The predicted molar refractivity (Wildman–Crippen MR) is 76.2 cm³/mol. The Morgan fingerprint density at radius 2 is 2.00 bits per heavy atom. The maximum atomic E-state index is 9.22. The largest absolute Gasteiger partial charge is 0.497 e. The monoisotopic (exact) mass is 252 g/mol. The van der Waals surface area contributed by atoms with Crippen LogP contribution in [0.25, 0.3) is 0 Å². The van der Waals surface area contributed by atoms with Crippen LogP contribution in [-0.4, -0.2) is 31.4 Å². The number of nitrogens with zero attached hydrogens (tertiary/aromatic N) is 1. The minimum absolute atomic E-state index is 0.127. The van der Waals surface area contributed by atoms with E-state index < -0.39 is 0 Å². The summed E-state index contributed by atoms with van der Waals surface area (Å²) in [6.07, 6.45) is 2.06. The van der Waals surface area contributed by atoms with Crippen molar-refractivity contribution in [2.45, 2.75) is 32.7 Å². The summed E-state index contributed by atoms with van der Waals surface area (Å²) < 4.78 is 5.15. The Labute approximate surface area is 109 Å². The van der Waals surface area contributed by atoms with Crippen molar-refractivity contribution in [1.29, 1.82) is 0 Å². The fourth-order valence-corrected chi connectivity index (χ4v) is 2.26. The normalized spacial score (nSPS) is 10.7. The third kappa shape index (κ3) is 3.29. The first-order chi connectivity index (χ1) is 8.67. The number of rotatable bonds is 7. The molecule has 0 saturated heterocycles. The van der Waals surface area contributed by atoms with Gasteiger partial charge in [-0.2, -0.15) is 0 Å². The first-order valence-corrected chi connectivity index (χ1v) is 6.48. The van der Waals surface area contributed by atoms with Crippen LogP contribution in [0.1, 0.15) is 26.7 Å². The molecular formula is C14H24N2O2. The Hall–Kier alpha value is -1.42. The van der Waals surface area contributed by atoms with Crippen molar-refractivity contribution in [2.75, 3.05) is 30.9 Å². The second kappa shape index (κ2) is 7.11. The molecule has 0 spiro atoms. The molecule has 0 amide bonds. The van der Waals surface area contributed by atoms with Crippen molar-refractivity contribution in [3.05, 3.63) is 18.2 Å². The van der Waals surface area contributed by atoms with E-state index in [2.05, 4.69) is 18.7 Å². The highest BCUT2D eigenvalue weighted by Gasteiger charge is 2.17. The number of nitrogen functional groups attached to an aromatic ring is 1. The Bertz CT molecular complexity index is 365.